The topological polar surface area (TPSA) is 120 Å². The number of amides is 2. The minimum atomic E-state index is -0.796. The zero-order chi connectivity index (χ0) is 17.9. The number of hydrogen-bond donors (Lipinski definition) is 2. The first-order valence-electron chi connectivity index (χ1n) is 8.10. The number of nitrogens with one attached hydrogen (secondary N) is 1. The Kier molecular flexibility index (Phi) is 4.69. The summed E-state index contributed by atoms with van der Waals surface area (Å²) in [6.45, 7) is 0.0769. The Morgan fingerprint density at radius 3 is 2.52 bits per heavy atom. The molecular weight excluding hydrogens is 324 g/mol. The quantitative estimate of drug-likeness (QED) is 0.815. The highest BCUT2D eigenvalue weighted by Gasteiger charge is 2.42. The van der Waals surface area contributed by atoms with E-state index < -0.39 is 11.3 Å². The van der Waals surface area contributed by atoms with Gasteiger partial charge in [0, 0.05) is 0 Å². The van der Waals surface area contributed by atoms with E-state index in [2.05, 4.69) is 15.5 Å². The number of nitrogens with zero attached hydrogens (tertiary/aromatic N) is 2. The fourth-order valence-corrected chi connectivity index (χ4v) is 3.29. The Morgan fingerprint density at radius 1 is 1.28 bits per heavy atom. The lowest BCUT2D eigenvalue weighted by Crippen LogP contribution is -2.42. The van der Waals surface area contributed by atoms with E-state index in [4.69, 9.17) is 15.0 Å². The maximum atomic E-state index is 12.9. The summed E-state index contributed by atoms with van der Waals surface area (Å²) in [6, 6.07) is 7.59. The summed E-state index contributed by atoms with van der Waals surface area (Å²) in [5, 5.41) is 6.49. The molecule has 132 valence electrons. The molecule has 0 radical (unpaired) electrons. The second-order valence-corrected chi connectivity index (χ2v) is 6.08. The number of carbonyl (C=O) groups excluding carboxylic acids is 2. The van der Waals surface area contributed by atoms with Crippen molar-refractivity contribution in [1.29, 1.82) is 0 Å². The van der Waals surface area contributed by atoms with Crippen LogP contribution in [0.15, 0.2) is 28.8 Å². The molecule has 2 aromatic rings. The molecular formula is C17H20N4O4. The van der Waals surface area contributed by atoms with E-state index in [1.165, 1.54) is 0 Å². The van der Waals surface area contributed by atoms with Crippen LogP contribution in [0.3, 0.4) is 0 Å². The molecule has 1 aliphatic carbocycles. The predicted octanol–water partition coefficient (Wildman–Crippen LogP) is 1.31. The van der Waals surface area contributed by atoms with Crippen molar-refractivity contribution in [2.24, 2.45) is 5.73 Å². The van der Waals surface area contributed by atoms with Gasteiger partial charge >= 0.3 is 11.8 Å². The van der Waals surface area contributed by atoms with Gasteiger partial charge in [-0.15, -0.1) is 0 Å². The van der Waals surface area contributed by atoms with Crippen molar-refractivity contribution >= 4 is 11.8 Å². The van der Waals surface area contributed by atoms with Gasteiger partial charge in [0.05, 0.1) is 19.1 Å². The van der Waals surface area contributed by atoms with Crippen molar-refractivity contribution in [3.63, 3.8) is 0 Å². The Bertz CT molecular complexity index is 763. The first kappa shape index (κ1) is 16.9. The summed E-state index contributed by atoms with van der Waals surface area (Å²) in [7, 11) is 1.61. The van der Waals surface area contributed by atoms with Crippen LogP contribution in [0.5, 0.6) is 5.75 Å². The largest absolute Gasteiger partial charge is 0.497 e. The molecule has 8 heteroatoms. The molecule has 8 nitrogen and oxygen atoms in total. The third-order valence-corrected chi connectivity index (χ3v) is 4.62. The van der Waals surface area contributed by atoms with Crippen molar-refractivity contribution in [3.8, 4) is 5.75 Å². The molecule has 0 bridgehead atoms. The van der Waals surface area contributed by atoms with Crippen LogP contribution < -0.4 is 15.8 Å². The lowest BCUT2D eigenvalue weighted by atomic mass is 9.78. The summed E-state index contributed by atoms with van der Waals surface area (Å²) in [6.07, 6.45) is 3.55. The number of carbonyl (C=O) groups is 2. The minimum absolute atomic E-state index is 0.0769. The monoisotopic (exact) mass is 344 g/mol. The van der Waals surface area contributed by atoms with E-state index in [-0.39, 0.29) is 24.2 Å². The van der Waals surface area contributed by atoms with E-state index in [0.717, 1.165) is 37.0 Å². The van der Waals surface area contributed by atoms with Gasteiger partial charge in [-0.2, -0.15) is 4.98 Å². The lowest BCUT2D eigenvalue weighted by Gasteiger charge is -2.28. The Balaban J connectivity index is 1.74. The molecule has 3 N–H and O–H groups in total. The van der Waals surface area contributed by atoms with Gasteiger partial charge in [0.25, 0.3) is 0 Å². The average molecular weight is 344 g/mol. The van der Waals surface area contributed by atoms with E-state index in [9.17, 15) is 9.59 Å². The van der Waals surface area contributed by atoms with Crippen LogP contribution in [-0.4, -0.2) is 29.1 Å². The zero-order valence-corrected chi connectivity index (χ0v) is 13.9. The summed E-state index contributed by atoms with van der Waals surface area (Å²) in [4.78, 5) is 27.7. The fraction of sp³-hybridized carbons (Fsp3) is 0.412. The van der Waals surface area contributed by atoms with E-state index in [1.54, 1.807) is 7.11 Å². The molecule has 1 aromatic carbocycles. The van der Waals surface area contributed by atoms with Crippen LogP contribution in [0.4, 0.5) is 0 Å². The van der Waals surface area contributed by atoms with Gasteiger partial charge in [-0.05, 0) is 30.5 Å². The standard InChI is InChI=1S/C17H20N4O4/c1-24-12-6-4-11(5-7-12)17(8-2-3-9-17)16(23)19-10-13-20-15(14(18)22)25-21-13/h4-7H,2-3,8-10H2,1H3,(H2,18,22)(H,19,23). The number of hydrogen-bond acceptors (Lipinski definition) is 6. The van der Waals surface area contributed by atoms with Crippen LogP contribution >= 0.6 is 0 Å². The van der Waals surface area contributed by atoms with Gasteiger partial charge in [0.15, 0.2) is 5.82 Å². The summed E-state index contributed by atoms with van der Waals surface area (Å²) in [5.41, 5.74) is 5.47. The van der Waals surface area contributed by atoms with Gasteiger partial charge in [0.2, 0.25) is 5.91 Å². The van der Waals surface area contributed by atoms with E-state index in [0.29, 0.717) is 0 Å². The predicted molar refractivity (Wildman–Crippen MR) is 87.8 cm³/mol. The van der Waals surface area contributed by atoms with Crippen molar-refractivity contribution in [2.75, 3.05) is 7.11 Å². The molecule has 1 heterocycles. The van der Waals surface area contributed by atoms with E-state index >= 15 is 0 Å². The third-order valence-electron chi connectivity index (χ3n) is 4.62. The molecule has 0 spiro atoms. The molecule has 25 heavy (non-hydrogen) atoms. The minimum Gasteiger partial charge on any atom is -0.497 e. The summed E-state index contributed by atoms with van der Waals surface area (Å²) < 4.78 is 9.91. The number of aromatic nitrogens is 2. The van der Waals surface area contributed by atoms with Gasteiger partial charge in [-0.1, -0.05) is 30.1 Å². The van der Waals surface area contributed by atoms with Crippen LogP contribution in [0.25, 0.3) is 0 Å². The molecule has 0 saturated heterocycles. The highest BCUT2D eigenvalue weighted by molar-refractivity contribution is 5.89. The highest BCUT2D eigenvalue weighted by Crippen LogP contribution is 2.41. The molecule has 0 aliphatic heterocycles. The normalized spacial score (nSPS) is 15.7. The second kappa shape index (κ2) is 6.92. The molecule has 1 fully saturated rings. The molecule has 2 amide bonds. The smallest absolute Gasteiger partial charge is 0.315 e. The maximum absolute atomic E-state index is 12.9. The Hall–Kier alpha value is -2.90. The Labute approximate surface area is 144 Å². The lowest BCUT2D eigenvalue weighted by molar-refractivity contribution is -0.126. The maximum Gasteiger partial charge on any atom is 0.315 e. The molecule has 1 aromatic heterocycles. The van der Waals surface area contributed by atoms with Gasteiger partial charge in [-0.3, -0.25) is 9.59 Å². The summed E-state index contributed by atoms with van der Waals surface area (Å²) >= 11 is 0. The number of nitrogens with two attached hydrogens (primary N) is 1. The van der Waals surface area contributed by atoms with Crippen LogP contribution in [0, 0.1) is 0 Å². The number of ether oxygens (including phenoxy) is 1. The average Bonchev–Trinajstić information content (AvgIpc) is 3.30. The summed E-state index contributed by atoms with van der Waals surface area (Å²) in [5.74, 6) is -0.181. The third kappa shape index (κ3) is 3.33. The molecule has 0 atom stereocenters. The van der Waals surface area contributed by atoms with Gasteiger partial charge in [0.1, 0.15) is 5.75 Å². The van der Waals surface area contributed by atoms with Crippen LogP contribution in [-0.2, 0) is 16.8 Å². The van der Waals surface area contributed by atoms with Crippen molar-refractivity contribution in [1.82, 2.24) is 15.5 Å². The number of primary amides is 1. The second-order valence-electron chi connectivity index (χ2n) is 6.08. The molecule has 0 unspecified atom stereocenters. The first-order valence-corrected chi connectivity index (χ1v) is 8.10. The first-order chi connectivity index (χ1) is 12.0. The molecule has 1 saturated carbocycles. The Morgan fingerprint density at radius 2 is 1.96 bits per heavy atom. The highest BCUT2D eigenvalue weighted by atomic mass is 16.5. The van der Waals surface area contributed by atoms with Crippen LogP contribution in [0.1, 0.15) is 47.8 Å². The molecule has 1 aliphatic rings. The van der Waals surface area contributed by atoms with Gasteiger partial charge in [-0.25, -0.2) is 0 Å². The SMILES string of the molecule is COc1ccc(C2(C(=O)NCc3noc(C(N)=O)n3)CCCC2)cc1. The van der Waals surface area contributed by atoms with Crippen molar-refractivity contribution in [3.05, 3.63) is 41.5 Å². The number of methoxy groups -OCH3 is 1. The van der Waals surface area contributed by atoms with Gasteiger partial charge < -0.3 is 20.3 Å². The van der Waals surface area contributed by atoms with Crippen molar-refractivity contribution < 1.29 is 18.8 Å². The molecule has 3 rings (SSSR count). The zero-order valence-electron chi connectivity index (χ0n) is 13.9. The van der Waals surface area contributed by atoms with Crippen LogP contribution in [0.2, 0.25) is 0 Å². The number of benzene rings is 1. The number of rotatable bonds is 6. The van der Waals surface area contributed by atoms with Crippen molar-refractivity contribution in [2.45, 2.75) is 37.6 Å². The van der Waals surface area contributed by atoms with E-state index in [1.807, 2.05) is 24.3 Å². The fourth-order valence-electron chi connectivity index (χ4n) is 3.29.